The van der Waals surface area contributed by atoms with Gasteiger partial charge in [0.25, 0.3) is 0 Å². The summed E-state index contributed by atoms with van der Waals surface area (Å²) in [6.45, 7) is 4.79. The molecular formula is C17H20BrNO. The molecule has 0 saturated carbocycles. The van der Waals surface area contributed by atoms with Gasteiger partial charge in [-0.25, -0.2) is 0 Å². The van der Waals surface area contributed by atoms with E-state index in [4.69, 9.17) is 4.74 Å². The maximum absolute atomic E-state index is 5.80. The molecular weight excluding hydrogens is 314 g/mol. The summed E-state index contributed by atoms with van der Waals surface area (Å²) in [6, 6.07) is 11.2. The first-order chi connectivity index (χ1) is 9.81. The summed E-state index contributed by atoms with van der Waals surface area (Å²) in [4.78, 5) is 0. The fourth-order valence-electron chi connectivity index (χ4n) is 2.95. The van der Waals surface area contributed by atoms with Gasteiger partial charge in [0.05, 0.1) is 19.3 Å². The molecule has 0 fully saturated rings. The van der Waals surface area contributed by atoms with Crippen molar-refractivity contribution in [2.45, 2.75) is 25.8 Å². The van der Waals surface area contributed by atoms with Gasteiger partial charge in [0, 0.05) is 4.47 Å². The molecule has 1 N–H and O–H groups in total. The monoisotopic (exact) mass is 333 g/mol. The summed E-state index contributed by atoms with van der Waals surface area (Å²) in [7, 11) is 0. The predicted molar refractivity (Wildman–Crippen MR) is 87.2 cm³/mol. The number of benzene rings is 2. The molecule has 0 amide bonds. The van der Waals surface area contributed by atoms with Crippen molar-refractivity contribution in [3.63, 3.8) is 0 Å². The van der Waals surface area contributed by atoms with Crippen LogP contribution in [0.2, 0.25) is 0 Å². The zero-order chi connectivity index (χ0) is 13.9. The lowest BCUT2D eigenvalue weighted by Crippen LogP contribution is -2.26. The van der Waals surface area contributed by atoms with Crippen LogP contribution in [0.1, 0.15) is 30.5 Å². The Labute approximate surface area is 128 Å². The number of rotatable bonds is 3. The van der Waals surface area contributed by atoms with E-state index in [-0.39, 0.29) is 0 Å². The molecule has 0 bridgehead atoms. The van der Waals surface area contributed by atoms with Gasteiger partial charge in [-0.3, -0.25) is 0 Å². The maximum Gasteiger partial charge on any atom is 0.0661 e. The fraction of sp³-hybridized carbons (Fsp3) is 0.412. The van der Waals surface area contributed by atoms with Crippen molar-refractivity contribution in [2.24, 2.45) is 0 Å². The standard InChI is InChI=1S/C17H20BrNO/c1-2-8-19-17-11-20-9-7-13-12-5-3-4-6-14(12)16(18)10-15(13)17/h3-6,10,17,19H,2,7-9,11H2,1H3. The van der Waals surface area contributed by atoms with Crippen LogP contribution in [0.15, 0.2) is 34.8 Å². The molecule has 3 rings (SSSR count). The van der Waals surface area contributed by atoms with Gasteiger partial charge in [0.2, 0.25) is 0 Å². The van der Waals surface area contributed by atoms with E-state index in [1.54, 1.807) is 0 Å². The van der Waals surface area contributed by atoms with Crippen LogP contribution in [-0.2, 0) is 11.2 Å². The third-order valence-electron chi connectivity index (χ3n) is 3.94. The molecule has 0 aliphatic carbocycles. The van der Waals surface area contributed by atoms with E-state index in [0.29, 0.717) is 6.04 Å². The van der Waals surface area contributed by atoms with Gasteiger partial charge in [-0.2, -0.15) is 0 Å². The molecule has 0 saturated heterocycles. The largest absolute Gasteiger partial charge is 0.379 e. The van der Waals surface area contributed by atoms with Gasteiger partial charge >= 0.3 is 0 Å². The molecule has 2 aromatic carbocycles. The highest BCUT2D eigenvalue weighted by atomic mass is 79.9. The Hall–Kier alpha value is -0.900. The number of ether oxygens (including phenoxy) is 1. The smallest absolute Gasteiger partial charge is 0.0661 e. The highest BCUT2D eigenvalue weighted by molar-refractivity contribution is 9.10. The average Bonchev–Trinajstić information content (AvgIpc) is 2.68. The SMILES string of the molecule is CCCNC1COCCc2c1cc(Br)c1ccccc21. The molecule has 2 aromatic rings. The average molecular weight is 334 g/mol. The maximum atomic E-state index is 5.80. The van der Waals surface area contributed by atoms with Crippen molar-refractivity contribution in [1.29, 1.82) is 0 Å². The molecule has 20 heavy (non-hydrogen) atoms. The van der Waals surface area contributed by atoms with E-state index in [1.165, 1.54) is 26.4 Å². The first-order valence-electron chi connectivity index (χ1n) is 7.32. The zero-order valence-corrected chi connectivity index (χ0v) is 13.4. The van der Waals surface area contributed by atoms with Crippen LogP contribution in [0.5, 0.6) is 0 Å². The molecule has 1 aliphatic heterocycles. The van der Waals surface area contributed by atoms with E-state index >= 15 is 0 Å². The highest BCUT2D eigenvalue weighted by Gasteiger charge is 2.21. The summed E-state index contributed by atoms with van der Waals surface area (Å²) < 4.78 is 6.98. The lowest BCUT2D eigenvalue weighted by Gasteiger charge is -2.20. The Bertz CT molecular complexity index is 611. The van der Waals surface area contributed by atoms with Gasteiger partial charge in [-0.15, -0.1) is 0 Å². The van der Waals surface area contributed by atoms with Crippen LogP contribution in [-0.4, -0.2) is 19.8 Å². The quantitative estimate of drug-likeness (QED) is 0.908. The molecule has 2 nitrogen and oxygen atoms in total. The van der Waals surface area contributed by atoms with Crippen LogP contribution >= 0.6 is 15.9 Å². The molecule has 0 spiro atoms. The summed E-state index contributed by atoms with van der Waals surface area (Å²) in [5.41, 5.74) is 2.83. The summed E-state index contributed by atoms with van der Waals surface area (Å²) >= 11 is 3.73. The van der Waals surface area contributed by atoms with Crippen molar-refractivity contribution in [3.8, 4) is 0 Å². The number of nitrogens with one attached hydrogen (secondary N) is 1. The molecule has 0 radical (unpaired) electrons. The summed E-state index contributed by atoms with van der Waals surface area (Å²) in [5.74, 6) is 0. The van der Waals surface area contributed by atoms with Crippen molar-refractivity contribution in [3.05, 3.63) is 45.9 Å². The van der Waals surface area contributed by atoms with Gasteiger partial charge in [-0.1, -0.05) is 47.1 Å². The second-order valence-electron chi connectivity index (χ2n) is 5.30. The first kappa shape index (κ1) is 14.1. The normalized spacial score (nSPS) is 18.8. The number of hydrogen-bond donors (Lipinski definition) is 1. The van der Waals surface area contributed by atoms with Crippen molar-refractivity contribution in [1.82, 2.24) is 5.32 Å². The van der Waals surface area contributed by atoms with E-state index in [2.05, 4.69) is 58.5 Å². The Kier molecular flexibility index (Phi) is 4.39. The second kappa shape index (κ2) is 6.25. The Morgan fingerprint density at radius 3 is 2.90 bits per heavy atom. The third-order valence-corrected chi connectivity index (χ3v) is 4.59. The van der Waals surface area contributed by atoms with Crippen LogP contribution in [0, 0.1) is 0 Å². The third kappa shape index (κ3) is 2.62. The first-order valence-corrected chi connectivity index (χ1v) is 8.11. The van der Waals surface area contributed by atoms with Crippen molar-refractivity contribution < 1.29 is 4.74 Å². The van der Waals surface area contributed by atoms with Gasteiger partial charge in [0.1, 0.15) is 0 Å². The van der Waals surface area contributed by atoms with E-state index < -0.39 is 0 Å². The molecule has 106 valence electrons. The lowest BCUT2D eigenvalue weighted by molar-refractivity contribution is 0.121. The van der Waals surface area contributed by atoms with Crippen LogP contribution in [0.3, 0.4) is 0 Å². The van der Waals surface area contributed by atoms with Crippen LogP contribution < -0.4 is 5.32 Å². The minimum Gasteiger partial charge on any atom is -0.379 e. The molecule has 3 heteroatoms. The van der Waals surface area contributed by atoms with Crippen LogP contribution in [0.25, 0.3) is 10.8 Å². The molecule has 1 aliphatic rings. The zero-order valence-electron chi connectivity index (χ0n) is 11.8. The van der Waals surface area contributed by atoms with E-state index in [0.717, 1.165) is 32.6 Å². The van der Waals surface area contributed by atoms with E-state index in [9.17, 15) is 0 Å². The summed E-state index contributed by atoms with van der Waals surface area (Å²) in [6.07, 6.45) is 2.13. The topological polar surface area (TPSA) is 21.3 Å². The summed E-state index contributed by atoms with van der Waals surface area (Å²) in [5, 5.41) is 6.26. The Balaban J connectivity index is 2.13. The van der Waals surface area contributed by atoms with Crippen LogP contribution in [0.4, 0.5) is 0 Å². The van der Waals surface area contributed by atoms with Gasteiger partial charge in [0.15, 0.2) is 0 Å². The Morgan fingerprint density at radius 2 is 2.10 bits per heavy atom. The van der Waals surface area contributed by atoms with E-state index in [1.807, 2.05) is 0 Å². The highest BCUT2D eigenvalue weighted by Crippen LogP contribution is 2.34. The van der Waals surface area contributed by atoms with Crippen molar-refractivity contribution >= 4 is 26.7 Å². The minimum atomic E-state index is 0.299. The molecule has 1 heterocycles. The van der Waals surface area contributed by atoms with Gasteiger partial charge in [-0.05, 0) is 47.4 Å². The lowest BCUT2D eigenvalue weighted by atomic mass is 9.93. The number of fused-ring (bicyclic) bond motifs is 3. The number of halogens is 1. The van der Waals surface area contributed by atoms with Gasteiger partial charge < -0.3 is 10.1 Å². The molecule has 0 aromatic heterocycles. The fourth-order valence-corrected chi connectivity index (χ4v) is 3.55. The van der Waals surface area contributed by atoms with Crippen molar-refractivity contribution in [2.75, 3.05) is 19.8 Å². The molecule has 1 atom stereocenters. The Morgan fingerprint density at radius 1 is 1.30 bits per heavy atom. The second-order valence-corrected chi connectivity index (χ2v) is 6.16. The minimum absolute atomic E-state index is 0.299. The predicted octanol–water partition coefficient (Wildman–Crippen LogP) is 4.22. The number of hydrogen-bond acceptors (Lipinski definition) is 2. The molecule has 1 unspecified atom stereocenters.